The molecule has 0 radical (unpaired) electrons. The molecule has 4 nitrogen and oxygen atoms in total. The van der Waals surface area contributed by atoms with Crippen LogP contribution in [0.1, 0.15) is 20.3 Å². The van der Waals surface area contributed by atoms with Gasteiger partial charge < -0.3 is 15.4 Å². The Labute approximate surface area is 139 Å². The SMILES string of the molecule is CC(C)Oc1ccc(NCCC(=O)Nc2c(F)cccc2F)cc1. The number of carbonyl (C=O) groups is 1. The van der Waals surface area contributed by atoms with E-state index in [0.717, 1.165) is 23.6 Å². The number of carbonyl (C=O) groups excluding carboxylic acids is 1. The number of hydrogen-bond donors (Lipinski definition) is 2. The first-order valence-electron chi connectivity index (χ1n) is 7.70. The van der Waals surface area contributed by atoms with Crippen molar-refractivity contribution in [1.82, 2.24) is 0 Å². The summed E-state index contributed by atoms with van der Waals surface area (Å²) in [4.78, 5) is 11.8. The summed E-state index contributed by atoms with van der Waals surface area (Å²) in [5.41, 5.74) is 0.411. The Hall–Kier alpha value is -2.63. The fourth-order valence-corrected chi connectivity index (χ4v) is 2.06. The van der Waals surface area contributed by atoms with Gasteiger partial charge in [0.05, 0.1) is 6.10 Å². The van der Waals surface area contributed by atoms with E-state index in [2.05, 4.69) is 10.6 Å². The summed E-state index contributed by atoms with van der Waals surface area (Å²) in [6, 6.07) is 10.8. The van der Waals surface area contributed by atoms with Gasteiger partial charge in [-0.3, -0.25) is 4.79 Å². The Morgan fingerprint density at radius 2 is 1.71 bits per heavy atom. The van der Waals surface area contributed by atoms with Crippen LogP contribution in [0.2, 0.25) is 0 Å². The smallest absolute Gasteiger partial charge is 0.226 e. The zero-order chi connectivity index (χ0) is 17.5. The molecule has 1 amide bonds. The summed E-state index contributed by atoms with van der Waals surface area (Å²) in [6.07, 6.45) is 0.184. The van der Waals surface area contributed by atoms with Crippen molar-refractivity contribution in [2.75, 3.05) is 17.2 Å². The van der Waals surface area contributed by atoms with Gasteiger partial charge >= 0.3 is 0 Å². The van der Waals surface area contributed by atoms with Gasteiger partial charge in [-0.15, -0.1) is 0 Å². The minimum atomic E-state index is -0.794. The molecule has 6 heteroatoms. The highest BCUT2D eigenvalue weighted by Gasteiger charge is 2.11. The zero-order valence-corrected chi connectivity index (χ0v) is 13.6. The number of ether oxygens (including phenoxy) is 1. The number of rotatable bonds is 7. The summed E-state index contributed by atoms with van der Waals surface area (Å²) in [6.45, 7) is 4.23. The highest BCUT2D eigenvalue weighted by molar-refractivity contribution is 5.91. The highest BCUT2D eigenvalue weighted by atomic mass is 19.1. The van der Waals surface area contributed by atoms with Crippen LogP contribution >= 0.6 is 0 Å². The molecule has 128 valence electrons. The van der Waals surface area contributed by atoms with E-state index >= 15 is 0 Å². The molecule has 0 spiro atoms. The van der Waals surface area contributed by atoms with Gasteiger partial charge in [0.15, 0.2) is 0 Å². The number of para-hydroxylation sites is 1. The molecule has 2 aromatic rings. The molecule has 0 heterocycles. The molecule has 2 aromatic carbocycles. The topological polar surface area (TPSA) is 50.4 Å². The van der Waals surface area contributed by atoms with Crippen LogP contribution in [0.15, 0.2) is 42.5 Å². The van der Waals surface area contributed by atoms with E-state index < -0.39 is 23.2 Å². The van der Waals surface area contributed by atoms with Crippen LogP contribution in [0.3, 0.4) is 0 Å². The van der Waals surface area contributed by atoms with Gasteiger partial charge in [-0.05, 0) is 50.2 Å². The van der Waals surface area contributed by atoms with Gasteiger partial charge in [0, 0.05) is 18.7 Å². The lowest BCUT2D eigenvalue weighted by atomic mass is 10.2. The second kappa shape index (κ2) is 8.29. The molecule has 0 saturated carbocycles. The molecule has 0 aliphatic heterocycles. The predicted molar refractivity (Wildman–Crippen MR) is 90.3 cm³/mol. The number of amides is 1. The van der Waals surface area contributed by atoms with Gasteiger partial charge in [-0.2, -0.15) is 0 Å². The standard InChI is InChI=1S/C18H20F2N2O2/c1-12(2)24-14-8-6-13(7-9-14)21-11-10-17(23)22-18-15(19)4-3-5-16(18)20/h3-9,12,21H,10-11H2,1-2H3,(H,22,23). The lowest BCUT2D eigenvalue weighted by molar-refractivity contribution is -0.116. The minimum Gasteiger partial charge on any atom is -0.491 e. The van der Waals surface area contributed by atoms with Crippen LogP contribution in [0.25, 0.3) is 0 Å². The summed E-state index contributed by atoms with van der Waals surface area (Å²) in [5, 5.41) is 5.31. The Balaban J connectivity index is 1.80. The van der Waals surface area contributed by atoms with Gasteiger partial charge in [-0.25, -0.2) is 8.78 Å². The van der Waals surface area contributed by atoms with E-state index in [1.165, 1.54) is 6.07 Å². The first kappa shape index (κ1) is 17.7. The predicted octanol–water partition coefficient (Wildman–Crippen LogP) is 4.19. The summed E-state index contributed by atoms with van der Waals surface area (Å²) in [7, 11) is 0. The van der Waals surface area contributed by atoms with Gasteiger partial charge in [-0.1, -0.05) is 6.07 Å². The molecule has 24 heavy (non-hydrogen) atoms. The Kier molecular flexibility index (Phi) is 6.12. The lowest BCUT2D eigenvalue weighted by Gasteiger charge is -2.11. The van der Waals surface area contributed by atoms with Crippen LogP contribution in [0.4, 0.5) is 20.2 Å². The molecular weight excluding hydrogens is 314 g/mol. The third-order valence-corrected chi connectivity index (χ3v) is 3.13. The van der Waals surface area contributed by atoms with E-state index in [1.54, 1.807) is 0 Å². The fraction of sp³-hybridized carbons (Fsp3) is 0.278. The molecule has 2 rings (SSSR count). The van der Waals surface area contributed by atoms with Gasteiger partial charge in [0.2, 0.25) is 5.91 Å². The number of anilines is 2. The summed E-state index contributed by atoms with van der Waals surface area (Å²) < 4.78 is 32.4. The normalized spacial score (nSPS) is 10.5. The van der Waals surface area contributed by atoms with E-state index in [1.807, 2.05) is 38.1 Å². The molecule has 0 fully saturated rings. The fourth-order valence-electron chi connectivity index (χ4n) is 2.06. The van der Waals surface area contributed by atoms with Crippen LogP contribution in [-0.4, -0.2) is 18.6 Å². The molecule has 0 aromatic heterocycles. The first-order chi connectivity index (χ1) is 11.5. The Bertz CT molecular complexity index is 668. The summed E-state index contributed by atoms with van der Waals surface area (Å²) in [5.74, 6) is -1.29. The van der Waals surface area contributed by atoms with Crippen LogP contribution in [0.5, 0.6) is 5.75 Å². The number of benzene rings is 2. The monoisotopic (exact) mass is 334 g/mol. The van der Waals surface area contributed by atoms with Crippen molar-refractivity contribution in [2.45, 2.75) is 26.4 Å². The Morgan fingerprint density at radius 1 is 1.08 bits per heavy atom. The maximum atomic E-state index is 13.4. The van der Waals surface area contributed by atoms with Crippen molar-refractivity contribution in [3.05, 3.63) is 54.1 Å². The maximum absolute atomic E-state index is 13.4. The number of hydrogen-bond acceptors (Lipinski definition) is 3. The first-order valence-corrected chi connectivity index (χ1v) is 7.70. The third-order valence-electron chi connectivity index (χ3n) is 3.13. The van der Waals surface area contributed by atoms with Gasteiger partial charge in [0.1, 0.15) is 23.1 Å². The van der Waals surface area contributed by atoms with E-state index in [0.29, 0.717) is 6.54 Å². The number of halogens is 2. The molecule has 0 atom stereocenters. The largest absolute Gasteiger partial charge is 0.491 e. The Morgan fingerprint density at radius 3 is 2.29 bits per heavy atom. The number of nitrogens with one attached hydrogen (secondary N) is 2. The molecule has 0 bridgehead atoms. The molecule has 0 aliphatic rings. The van der Waals surface area contributed by atoms with Crippen LogP contribution in [0, 0.1) is 11.6 Å². The van der Waals surface area contributed by atoms with Crippen LogP contribution in [-0.2, 0) is 4.79 Å². The van der Waals surface area contributed by atoms with E-state index in [-0.39, 0.29) is 12.5 Å². The van der Waals surface area contributed by atoms with E-state index in [9.17, 15) is 13.6 Å². The summed E-state index contributed by atoms with van der Waals surface area (Å²) >= 11 is 0. The van der Waals surface area contributed by atoms with Crippen molar-refractivity contribution < 1.29 is 18.3 Å². The highest BCUT2D eigenvalue weighted by Crippen LogP contribution is 2.19. The molecule has 0 unspecified atom stereocenters. The van der Waals surface area contributed by atoms with E-state index in [4.69, 9.17) is 4.74 Å². The van der Waals surface area contributed by atoms with Gasteiger partial charge in [0.25, 0.3) is 0 Å². The van der Waals surface area contributed by atoms with Crippen molar-refractivity contribution >= 4 is 17.3 Å². The van der Waals surface area contributed by atoms with Crippen molar-refractivity contribution in [3.63, 3.8) is 0 Å². The lowest BCUT2D eigenvalue weighted by Crippen LogP contribution is -2.17. The maximum Gasteiger partial charge on any atom is 0.226 e. The molecule has 0 saturated heterocycles. The average Bonchev–Trinajstić information content (AvgIpc) is 2.52. The average molecular weight is 334 g/mol. The van der Waals surface area contributed by atoms with Crippen LogP contribution < -0.4 is 15.4 Å². The van der Waals surface area contributed by atoms with Crippen molar-refractivity contribution in [3.8, 4) is 5.75 Å². The molecular formula is C18H20F2N2O2. The molecule has 0 aliphatic carbocycles. The zero-order valence-electron chi connectivity index (χ0n) is 13.6. The second-order valence-electron chi connectivity index (χ2n) is 5.51. The molecule has 2 N–H and O–H groups in total. The minimum absolute atomic E-state index is 0.0814. The second-order valence-corrected chi connectivity index (χ2v) is 5.51. The van der Waals surface area contributed by atoms with Crippen molar-refractivity contribution in [2.24, 2.45) is 0 Å². The third kappa shape index (κ3) is 5.22. The van der Waals surface area contributed by atoms with Crippen molar-refractivity contribution in [1.29, 1.82) is 0 Å². The quantitative estimate of drug-likeness (QED) is 0.798.